The number of hydrazine groups is 1. The molecule has 20 heavy (non-hydrogen) atoms. The first-order valence-corrected chi connectivity index (χ1v) is 8.67. The van der Waals surface area contributed by atoms with Gasteiger partial charge < -0.3 is 0 Å². The molecule has 1 aliphatic carbocycles. The van der Waals surface area contributed by atoms with Crippen molar-refractivity contribution < 1.29 is 13.3 Å². The monoisotopic (exact) mass is 303 g/mol. The van der Waals surface area contributed by atoms with Gasteiger partial charge in [-0.1, -0.05) is 44.1 Å². The van der Waals surface area contributed by atoms with Crippen molar-refractivity contribution >= 4 is 10.0 Å². The van der Waals surface area contributed by atoms with E-state index >= 15 is 0 Å². The summed E-state index contributed by atoms with van der Waals surface area (Å²) < 4.78 is 25.5. The van der Waals surface area contributed by atoms with E-state index in [1.807, 2.05) is 0 Å². The van der Waals surface area contributed by atoms with Gasteiger partial charge in [-0.25, -0.2) is 18.6 Å². The van der Waals surface area contributed by atoms with Crippen molar-refractivity contribution in [3.63, 3.8) is 0 Å². The maximum atomic E-state index is 11.5. The summed E-state index contributed by atoms with van der Waals surface area (Å²) in [6, 6.07) is 0. The van der Waals surface area contributed by atoms with Gasteiger partial charge in [0.25, 0.3) is 0 Å². The standard InChI is InChI=1S/C13H25N3O3S/c1-2-3-7-12-20(17,18)15-11-10-14-16-19-13-8-5-4-6-9-13/h2-3,7,13-16H,1,4-6,8-12H2/b7-3-. The maximum Gasteiger partial charge on any atom is 0.215 e. The zero-order valence-electron chi connectivity index (χ0n) is 11.8. The van der Waals surface area contributed by atoms with E-state index in [1.165, 1.54) is 19.3 Å². The first-order chi connectivity index (χ1) is 9.64. The molecule has 7 heteroatoms. The van der Waals surface area contributed by atoms with Crippen LogP contribution in [0.5, 0.6) is 0 Å². The van der Waals surface area contributed by atoms with E-state index in [4.69, 9.17) is 4.84 Å². The molecule has 116 valence electrons. The highest BCUT2D eigenvalue weighted by Crippen LogP contribution is 2.18. The highest BCUT2D eigenvalue weighted by Gasteiger charge is 2.13. The molecule has 1 saturated carbocycles. The molecule has 0 aromatic heterocycles. The Labute approximate surface area is 121 Å². The topological polar surface area (TPSA) is 79.5 Å². The van der Waals surface area contributed by atoms with Crippen LogP contribution in [0.25, 0.3) is 0 Å². The van der Waals surface area contributed by atoms with Crippen molar-refractivity contribution in [3.05, 3.63) is 24.8 Å². The number of hydrogen-bond acceptors (Lipinski definition) is 5. The van der Waals surface area contributed by atoms with Crippen molar-refractivity contribution in [2.45, 2.75) is 38.2 Å². The summed E-state index contributed by atoms with van der Waals surface area (Å²) in [5, 5.41) is 0. The molecule has 0 aromatic carbocycles. The van der Waals surface area contributed by atoms with Crippen molar-refractivity contribution in [2.24, 2.45) is 0 Å². The summed E-state index contributed by atoms with van der Waals surface area (Å²) in [5.74, 6) is -0.0367. The minimum Gasteiger partial charge on any atom is -0.284 e. The second kappa shape index (κ2) is 10.1. The molecule has 6 nitrogen and oxygen atoms in total. The van der Waals surface area contributed by atoms with Gasteiger partial charge in [-0.2, -0.15) is 0 Å². The second-order valence-corrected chi connectivity index (χ2v) is 6.60. The summed E-state index contributed by atoms with van der Waals surface area (Å²) >= 11 is 0. The van der Waals surface area contributed by atoms with Crippen LogP contribution in [-0.2, 0) is 14.9 Å². The van der Waals surface area contributed by atoms with Crippen molar-refractivity contribution in [1.29, 1.82) is 0 Å². The molecule has 1 rings (SSSR count). The molecule has 0 saturated heterocycles. The smallest absolute Gasteiger partial charge is 0.215 e. The number of allylic oxidation sites excluding steroid dienone is 2. The van der Waals surface area contributed by atoms with Gasteiger partial charge in [0, 0.05) is 13.1 Å². The van der Waals surface area contributed by atoms with E-state index in [2.05, 4.69) is 22.3 Å². The summed E-state index contributed by atoms with van der Waals surface area (Å²) in [6.45, 7) is 4.25. The van der Waals surface area contributed by atoms with Gasteiger partial charge in [0.05, 0.1) is 11.9 Å². The molecular weight excluding hydrogens is 278 g/mol. The molecule has 0 amide bonds. The molecule has 1 fully saturated rings. The van der Waals surface area contributed by atoms with Crippen LogP contribution in [-0.4, -0.2) is 33.4 Å². The fraction of sp³-hybridized carbons (Fsp3) is 0.692. The maximum absolute atomic E-state index is 11.5. The summed E-state index contributed by atoms with van der Waals surface area (Å²) in [7, 11) is -3.25. The Morgan fingerprint density at radius 2 is 1.95 bits per heavy atom. The van der Waals surface area contributed by atoms with Crippen LogP contribution in [0, 0.1) is 0 Å². The van der Waals surface area contributed by atoms with E-state index in [1.54, 1.807) is 18.2 Å². The molecule has 0 heterocycles. The molecule has 3 N–H and O–H groups in total. The molecule has 0 spiro atoms. The fourth-order valence-electron chi connectivity index (χ4n) is 1.97. The first kappa shape index (κ1) is 17.3. The van der Waals surface area contributed by atoms with Gasteiger partial charge in [0.2, 0.25) is 10.0 Å². The van der Waals surface area contributed by atoms with Crippen molar-refractivity contribution in [2.75, 3.05) is 18.8 Å². The third-order valence-electron chi connectivity index (χ3n) is 3.01. The Hall–Kier alpha value is -0.730. The lowest BCUT2D eigenvalue weighted by Gasteiger charge is -2.21. The van der Waals surface area contributed by atoms with Gasteiger partial charge in [0.15, 0.2) is 0 Å². The van der Waals surface area contributed by atoms with Crippen LogP contribution >= 0.6 is 0 Å². The number of sulfonamides is 1. The average molecular weight is 303 g/mol. The summed E-state index contributed by atoms with van der Waals surface area (Å²) in [6.07, 6.45) is 10.8. The van der Waals surface area contributed by atoms with Crippen LogP contribution in [0.1, 0.15) is 32.1 Å². The van der Waals surface area contributed by atoms with Crippen LogP contribution in [0.2, 0.25) is 0 Å². The van der Waals surface area contributed by atoms with E-state index in [0.29, 0.717) is 13.1 Å². The van der Waals surface area contributed by atoms with Gasteiger partial charge in [-0.05, 0) is 12.8 Å². The van der Waals surface area contributed by atoms with E-state index < -0.39 is 10.0 Å². The third-order valence-corrected chi connectivity index (χ3v) is 4.28. The molecular formula is C13H25N3O3S. The lowest BCUT2D eigenvalue weighted by atomic mass is 9.98. The lowest BCUT2D eigenvalue weighted by molar-refractivity contribution is -0.0629. The zero-order valence-corrected chi connectivity index (χ0v) is 12.6. The Morgan fingerprint density at radius 1 is 1.20 bits per heavy atom. The van der Waals surface area contributed by atoms with E-state index in [-0.39, 0.29) is 11.9 Å². The number of hydrogen-bond donors (Lipinski definition) is 3. The second-order valence-electron chi connectivity index (χ2n) is 4.75. The van der Waals surface area contributed by atoms with Crippen LogP contribution in [0.3, 0.4) is 0 Å². The molecule has 0 unspecified atom stereocenters. The Kier molecular flexibility index (Phi) is 8.72. The molecule has 0 radical (unpaired) electrons. The molecule has 0 aromatic rings. The highest BCUT2D eigenvalue weighted by molar-refractivity contribution is 7.89. The van der Waals surface area contributed by atoms with Crippen LogP contribution in [0.4, 0.5) is 0 Å². The van der Waals surface area contributed by atoms with E-state index in [9.17, 15) is 8.42 Å². The zero-order chi connectivity index (χ0) is 14.7. The molecule has 0 bridgehead atoms. The van der Waals surface area contributed by atoms with Crippen molar-refractivity contribution in [1.82, 2.24) is 15.7 Å². The predicted molar refractivity (Wildman–Crippen MR) is 80.2 cm³/mol. The molecule has 1 aliphatic rings. The highest BCUT2D eigenvalue weighted by atomic mass is 32.2. The van der Waals surface area contributed by atoms with Gasteiger partial charge in [-0.15, -0.1) is 5.59 Å². The normalized spacial score (nSPS) is 17.6. The Bertz CT molecular complexity index is 390. The quantitative estimate of drug-likeness (QED) is 0.319. The Balaban J connectivity index is 2.00. The fourth-order valence-corrected chi connectivity index (χ4v) is 2.86. The lowest BCUT2D eigenvalue weighted by Crippen LogP contribution is -2.41. The summed E-state index contributed by atoms with van der Waals surface area (Å²) in [4.78, 5) is 5.43. The van der Waals surface area contributed by atoms with Crippen molar-refractivity contribution in [3.8, 4) is 0 Å². The van der Waals surface area contributed by atoms with Gasteiger partial charge >= 0.3 is 0 Å². The largest absolute Gasteiger partial charge is 0.284 e. The molecule has 0 atom stereocenters. The third kappa shape index (κ3) is 8.44. The number of rotatable bonds is 10. The first-order valence-electron chi connectivity index (χ1n) is 7.02. The SMILES string of the molecule is C=C/C=C\CS(=O)(=O)NCCNNOC1CCCCC1. The minimum absolute atomic E-state index is 0.0367. The molecule has 0 aliphatic heterocycles. The predicted octanol–water partition coefficient (Wildman–Crippen LogP) is 1.01. The average Bonchev–Trinajstić information content (AvgIpc) is 2.44. The van der Waals surface area contributed by atoms with Gasteiger partial charge in [-0.3, -0.25) is 4.84 Å². The van der Waals surface area contributed by atoms with E-state index in [0.717, 1.165) is 12.8 Å². The number of nitrogens with one attached hydrogen (secondary N) is 3. The minimum atomic E-state index is -3.25. The van der Waals surface area contributed by atoms with Gasteiger partial charge in [0.1, 0.15) is 0 Å². The van der Waals surface area contributed by atoms with Crippen LogP contribution in [0.15, 0.2) is 24.8 Å². The van der Waals surface area contributed by atoms with Crippen LogP contribution < -0.4 is 15.7 Å². The summed E-state index contributed by atoms with van der Waals surface area (Å²) in [5.41, 5.74) is 5.52. The Morgan fingerprint density at radius 3 is 2.65 bits per heavy atom.